The van der Waals surface area contributed by atoms with Crippen molar-refractivity contribution in [2.45, 2.75) is 51.6 Å². The molecule has 1 saturated carbocycles. The fraction of sp³-hybridized carbons (Fsp3) is 0.647. The van der Waals surface area contributed by atoms with E-state index < -0.39 is 0 Å². The molecule has 1 heterocycles. The van der Waals surface area contributed by atoms with E-state index in [1.165, 1.54) is 56.4 Å². The van der Waals surface area contributed by atoms with Crippen LogP contribution in [0.5, 0.6) is 0 Å². The predicted molar refractivity (Wildman–Crippen MR) is 81.5 cm³/mol. The molecule has 3 rings (SSSR count). The van der Waals surface area contributed by atoms with Crippen LogP contribution in [0, 0.1) is 5.92 Å². The first-order valence-corrected chi connectivity index (χ1v) is 7.94. The van der Waals surface area contributed by atoms with Crippen LogP contribution in [0.1, 0.15) is 44.6 Å². The van der Waals surface area contributed by atoms with Gasteiger partial charge in [-0.05, 0) is 36.8 Å². The van der Waals surface area contributed by atoms with Gasteiger partial charge in [0.25, 0.3) is 0 Å². The fourth-order valence-electron chi connectivity index (χ4n) is 3.19. The quantitative estimate of drug-likeness (QED) is 0.812. The maximum absolute atomic E-state index is 3.78. The Hall–Kier alpha value is -1.02. The molecular formula is C17H26N2. The monoisotopic (exact) mass is 258 g/mol. The van der Waals surface area contributed by atoms with Crippen LogP contribution >= 0.6 is 0 Å². The Kier molecular flexibility index (Phi) is 4.07. The number of nitrogens with zero attached hydrogens (tertiary/aromatic N) is 1. The van der Waals surface area contributed by atoms with E-state index in [0.717, 1.165) is 12.5 Å². The number of hydrogen-bond acceptors (Lipinski definition) is 2. The number of hydrogen-bond donors (Lipinski definition) is 1. The molecule has 1 fully saturated rings. The van der Waals surface area contributed by atoms with Crippen molar-refractivity contribution in [3.8, 4) is 0 Å². The highest BCUT2D eigenvalue weighted by Crippen LogP contribution is 2.35. The van der Waals surface area contributed by atoms with Crippen molar-refractivity contribution in [2.24, 2.45) is 5.92 Å². The molecule has 0 amide bonds. The summed E-state index contributed by atoms with van der Waals surface area (Å²) in [5.74, 6) is 0.933. The summed E-state index contributed by atoms with van der Waals surface area (Å²) in [7, 11) is 0. The zero-order valence-corrected chi connectivity index (χ0v) is 12.1. The Morgan fingerprint density at radius 3 is 2.84 bits per heavy atom. The van der Waals surface area contributed by atoms with Gasteiger partial charge in [0, 0.05) is 31.4 Å². The Bertz CT molecular complexity index is 411. The van der Waals surface area contributed by atoms with E-state index in [0.29, 0.717) is 6.04 Å². The van der Waals surface area contributed by atoms with Crippen LogP contribution in [0.3, 0.4) is 0 Å². The van der Waals surface area contributed by atoms with Crippen molar-refractivity contribution >= 4 is 5.69 Å². The summed E-state index contributed by atoms with van der Waals surface area (Å²) >= 11 is 0. The minimum absolute atomic E-state index is 0.703. The Labute approximate surface area is 117 Å². The van der Waals surface area contributed by atoms with Crippen molar-refractivity contribution in [3.63, 3.8) is 0 Å². The third-order valence-corrected chi connectivity index (χ3v) is 4.53. The lowest BCUT2D eigenvalue weighted by atomic mass is 10.1. The molecule has 1 N–H and O–H groups in total. The first kappa shape index (κ1) is 13.0. The molecular weight excluding hydrogens is 232 g/mol. The molecule has 1 unspecified atom stereocenters. The minimum atomic E-state index is 0.703. The standard InChI is InChI=1S/C17H26N2/c1-2-3-6-11-19-13-16(14-9-10-14)18-12-15-7-4-5-8-17(15)19/h4-5,7-8,14,16,18H,2-3,6,9-13H2,1H3. The van der Waals surface area contributed by atoms with Crippen LogP contribution in [0.4, 0.5) is 5.69 Å². The average molecular weight is 258 g/mol. The molecule has 1 atom stereocenters. The molecule has 1 aliphatic heterocycles. The van der Waals surface area contributed by atoms with Gasteiger partial charge in [-0.15, -0.1) is 0 Å². The molecule has 0 saturated heterocycles. The number of unbranched alkanes of at least 4 members (excludes halogenated alkanes) is 2. The number of fused-ring (bicyclic) bond motifs is 1. The highest BCUT2D eigenvalue weighted by molar-refractivity contribution is 5.54. The van der Waals surface area contributed by atoms with Gasteiger partial charge >= 0.3 is 0 Å². The highest BCUT2D eigenvalue weighted by atomic mass is 15.2. The zero-order valence-electron chi connectivity index (χ0n) is 12.1. The molecule has 0 radical (unpaired) electrons. The molecule has 2 heteroatoms. The first-order valence-electron chi connectivity index (χ1n) is 7.94. The number of nitrogens with one attached hydrogen (secondary N) is 1. The number of rotatable bonds is 5. The lowest BCUT2D eigenvalue weighted by molar-refractivity contribution is 0.465. The molecule has 104 valence electrons. The van der Waals surface area contributed by atoms with E-state index >= 15 is 0 Å². The van der Waals surface area contributed by atoms with Crippen molar-refractivity contribution in [1.82, 2.24) is 5.32 Å². The lowest BCUT2D eigenvalue weighted by Crippen LogP contribution is -2.40. The van der Waals surface area contributed by atoms with Crippen molar-refractivity contribution in [2.75, 3.05) is 18.0 Å². The van der Waals surface area contributed by atoms with Crippen LogP contribution < -0.4 is 10.2 Å². The van der Waals surface area contributed by atoms with E-state index in [1.54, 1.807) is 0 Å². The molecule has 1 aromatic rings. The second kappa shape index (κ2) is 5.96. The number of benzene rings is 1. The van der Waals surface area contributed by atoms with Crippen LogP contribution in [-0.2, 0) is 6.54 Å². The second-order valence-corrected chi connectivity index (χ2v) is 6.11. The van der Waals surface area contributed by atoms with Crippen LogP contribution in [-0.4, -0.2) is 19.1 Å². The maximum atomic E-state index is 3.78. The van der Waals surface area contributed by atoms with E-state index in [4.69, 9.17) is 0 Å². The molecule has 19 heavy (non-hydrogen) atoms. The van der Waals surface area contributed by atoms with Crippen LogP contribution in [0.2, 0.25) is 0 Å². The van der Waals surface area contributed by atoms with Gasteiger partial charge in [-0.3, -0.25) is 0 Å². The van der Waals surface area contributed by atoms with Gasteiger partial charge in [-0.2, -0.15) is 0 Å². The van der Waals surface area contributed by atoms with Crippen molar-refractivity contribution < 1.29 is 0 Å². The number of anilines is 1. The minimum Gasteiger partial charge on any atom is -0.370 e. The van der Waals surface area contributed by atoms with Crippen molar-refractivity contribution in [1.29, 1.82) is 0 Å². The third kappa shape index (κ3) is 3.11. The first-order chi connectivity index (χ1) is 9.38. The van der Waals surface area contributed by atoms with Crippen LogP contribution in [0.25, 0.3) is 0 Å². The SMILES string of the molecule is CCCCCN1CC(C2CC2)NCc2ccccc21. The summed E-state index contributed by atoms with van der Waals surface area (Å²) in [6, 6.07) is 9.64. The van der Waals surface area contributed by atoms with E-state index in [9.17, 15) is 0 Å². The summed E-state index contributed by atoms with van der Waals surface area (Å²) in [5.41, 5.74) is 2.94. The van der Waals surface area contributed by atoms with Gasteiger partial charge in [-0.25, -0.2) is 0 Å². The molecule has 0 aromatic heterocycles. The lowest BCUT2D eigenvalue weighted by Gasteiger charge is -2.27. The third-order valence-electron chi connectivity index (χ3n) is 4.53. The highest BCUT2D eigenvalue weighted by Gasteiger charge is 2.33. The summed E-state index contributed by atoms with van der Waals surface area (Å²) < 4.78 is 0. The summed E-state index contributed by atoms with van der Waals surface area (Å²) in [5, 5.41) is 3.78. The van der Waals surface area contributed by atoms with Crippen LogP contribution in [0.15, 0.2) is 24.3 Å². The van der Waals surface area contributed by atoms with E-state index in [1.807, 2.05) is 0 Å². The largest absolute Gasteiger partial charge is 0.370 e. The smallest absolute Gasteiger partial charge is 0.0412 e. The molecule has 0 bridgehead atoms. The molecule has 1 aromatic carbocycles. The normalized spacial score (nSPS) is 23.0. The Morgan fingerprint density at radius 1 is 1.21 bits per heavy atom. The molecule has 2 aliphatic rings. The van der Waals surface area contributed by atoms with Gasteiger partial charge in [0.05, 0.1) is 0 Å². The zero-order chi connectivity index (χ0) is 13.1. The molecule has 0 spiro atoms. The predicted octanol–water partition coefficient (Wildman–Crippen LogP) is 3.57. The summed E-state index contributed by atoms with van der Waals surface area (Å²) in [6.45, 7) is 5.74. The van der Waals surface area contributed by atoms with Gasteiger partial charge in [0.15, 0.2) is 0 Å². The van der Waals surface area contributed by atoms with Gasteiger partial charge in [-0.1, -0.05) is 38.0 Å². The summed E-state index contributed by atoms with van der Waals surface area (Å²) in [4.78, 5) is 2.63. The summed E-state index contributed by atoms with van der Waals surface area (Å²) in [6.07, 6.45) is 6.83. The van der Waals surface area contributed by atoms with E-state index in [-0.39, 0.29) is 0 Å². The van der Waals surface area contributed by atoms with Gasteiger partial charge in [0.1, 0.15) is 0 Å². The van der Waals surface area contributed by atoms with Crippen molar-refractivity contribution in [3.05, 3.63) is 29.8 Å². The maximum Gasteiger partial charge on any atom is 0.0412 e. The topological polar surface area (TPSA) is 15.3 Å². The van der Waals surface area contributed by atoms with Gasteiger partial charge in [0.2, 0.25) is 0 Å². The Balaban J connectivity index is 1.75. The fourth-order valence-corrected chi connectivity index (χ4v) is 3.19. The van der Waals surface area contributed by atoms with Gasteiger partial charge < -0.3 is 10.2 Å². The second-order valence-electron chi connectivity index (χ2n) is 6.11. The molecule has 2 nitrogen and oxygen atoms in total. The average Bonchev–Trinajstić information content (AvgIpc) is 3.26. The Morgan fingerprint density at radius 2 is 2.05 bits per heavy atom. The molecule has 1 aliphatic carbocycles. The number of para-hydroxylation sites is 1. The van der Waals surface area contributed by atoms with E-state index in [2.05, 4.69) is 41.4 Å².